The molecule has 0 atom stereocenters. The predicted octanol–water partition coefficient (Wildman–Crippen LogP) is 2.13. The fraction of sp³-hybridized carbons (Fsp3) is 0.222. The van der Waals surface area contributed by atoms with Gasteiger partial charge in [-0.1, -0.05) is 0 Å². The van der Waals surface area contributed by atoms with Crippen molar-refractivity contribution in [2.75, 3.05) is 7.11 Å². The van der Waals surface area contributed by atoms with Gasteiger partial charge >= 0.3 is 5.97 Å². The minimum Gasteiger partial charge on any atom is -0.496 e. The van der Waals surface area contributed by atoms with E-state index in [9.17, 15) is 4.79 Å². The van der Waals surface area contributed by atoms with E-state index in [-0.39, 0.29) is 5.97 Å². The molecule has 0 N–H and O–H groups in total. The van der Waals surface area contributed by atoms with Crippen molar-refractivity contribution in [1.29, 1.82) is 0 Å². The third-order valence-corrected chi connectivity index (χ3v) is 2.65. The molecule has 0 radical (unpaired) electrons. The first-order valence-corrected chi connectivity index (χ1v) is 4.56. The monoisotopic (exact) mass is 242 g/mol. The van der Waals surface area contributed by atoms with Gasteiger partial charge in [0.05, 0.1) is 12.7 Å². The number of esters is 1. The lowest BCUT2D eigenvalue weighted by Crippen LogP contribution is -1.96. The summed E-state index contributed by atoms with van der Waals surface area (Å²) in [5, 5.41) is 0. The number of carbonyl (C=O) groups is 1. The number of halogens is 1. The second-order valence-corrected chi connectivity index (χ2v) is 3.53. The van der Waals surface area contributed by atoms with Crippen molar-refractivity contribution in [3.63, 3.8) is 0 Å². The van der Waals surface area contributed by atoms with Crippen molar-refractivity contribution in [3.05, 3.63) is 27.7 Å². The van der Waals surface area contributed by atoms with Crippen LogP contribution in [0.1, 0.15) is 15.9 Å². The first-order chi connectivity index (χ1) is 6.24. The molecule has 1 aliphatic heterocycles. The summed E-state index contributed by atoms with van der Waals surface area (Å²) in [6.07, 6.45) is 0. The summed E-state index contributed by atoms with van der Waals surface area (Å²) in [4.78, 5) is 11.2. The molecule has 0 saturated carbocycles. The average Bonchev–Trinajstić information content (AvgIpc) is 2.50. The lowest BCUT2D eigenvalue weighted by molar-refractivity contribution is 0.0533. The maximum absolute atomic E-state index is 11.2. The van der Waals surface area contributed by atoms with Gasteiger partial charge in [-0.15, -0.1) is 0 Å². The van der Waals surface area contributed by atoms with E-state index in [0.29, 0.717) is 17.9 Å². The van der Waals surface area contributed by atoms with E-state index in [0.717, 1.165) is 10.0 Å². The molecule has 13 heavy (non-hydrogen) atoms. The lowest BCUT2D eigenvalue weighted by atomic mass is 10.1. The van der Waals surface area contributed by atoms with Crippen molar-refractivity contribution in [1.82, 2.24) is 0 Å². The SMILES string of the molecule is COc1ccc(Br)c2c1COC2=O. The van der Waals surface area contributed by atoms with Crippen molar-refractivity contribution < 1.29 is 14.3 Å². The van der Waals surface area contributed by atoms with Crippen LogP contribution in [-0.4, -0.2) is 13.1 Å². The van der Waals surface area contributed by atoms with Crippen LogP contribution in [0.25, 0.3) is 0 Å². The highest BCUT2D eigenvalue weighted by Gasteiger charge is 2.27. The number of rotatable bonds is 1. The topological polar surface area (TPSA) is 35.5 Å². The van der Waals surface area contributed by atoms with Crippen molar-refractivity contribution in [2.45, 2.75) is 6.61 Å². The normalized spacial score (nSPS) is 13.8. The van der Waals surface area contributed by atoms with E-state index in [4.69, 9.17) is 9.47 Å². The van der Waals surface area contributed by atoms with Crippen LogP contribution in [0, 0.1) is 0 Å². The molecule has 0 saturated heterocycles. The Labute approximate surface area is 83.8 Å². The first kappa shape index (κ1) is 8.56. The van der Waals surface area contributed by atoms with Crippen LogP contribution in [-0.2, 0) is 11.3 Å². The molecule has 3 nitrogen and oxygen atoms in total. The molecular formula is C9H7BrO3. The highest BCUT2D eigenvalue weighted by atomic mass is 79.9. The van der Waals surface area contributed by atoms with Crippen LogP contribution in [0.4, 0.5) is 0 Å². The Kier molecular flexibility index (Phi) is 2.00. The summed E-state index contributed by atoms with van der Waals surface area (Å²) in [6, 6.07) is 3.59. The predicted molar refractivity (Wildman–Crippen MR) is 49.8 cm³/mol. The van der Waals surface area contributed by atoms with Gasteiger partial charge in [0.2, 0.25) is 0 Å². The summed E-state index contributed by atoms with van der Waals surface area (Å²) in [7, 11) is 1.58. The zero-order valence-electron chi connectivity index (χ0n) is 6.96. The van der Waals surface area contributed by atoms with Crippen LogP contribution in [0.3, 0.4) is 0 Å². The number of carbonyl (C=O) groups excluding carboxylic acids is 1. The number of ether oxygens (including phenoxy) is 2. The van der Waals surface area contributed by atoms with Gasteiger partial charge in [0.1, 0.15) is 12.4 Å². The van der Waals surface area contributed by atoms with Crippen LogP contribution in [0.15, 0.2) is 16.6 Å². The van der Waals surface area contributed by atoms with Gasteiger partial charge in [-0.25, -0.2) is 4.79 Å². The third-order valence-electron chi connectivity index (χ3n) is 1.99. The van der Waals surface area contributed by atoms with E-state index in [1.807, 2.05) is 6.07 Å². The van der Waals surface area contributed by atoms with E-state index in [1.165, 1.54) is 0 Å². The Balaban J connectivity index is 2.65. The number of hydrogen-bond acceptors (Lipinski definition) is 3. The molecule has 68 valence electrons. The quantitative estimate of drug-likeness (QED) is 0.708. The smallest absolute Gasteiger partial charge is 0.340 e. The maximum atomic E-state index is 11.2. The zero-order valence-corrected chi connectivity index (χ0v) is 8.55. The van der Waals surface area contributed by atoms with Gasteiger partial charge in [0, 0.05) is 10.0 Å². The lowest BCUT2D eigenvalue weighted by Gasteiger charge is -2.04. The Morgan fingerprint density at radius 1 is 1.54 bits per heavy atom. The van der Waals surface area contributed by atoms with Crippen LogP contribution in [0.2, 0.25) is 0 Å². The summed E-state index contributed by atoms with van der Waals surface area (Å²) in [5.41, 5.74) is 1.40. The fourth-order valence-corrected chi connectivity index (χ4v) is 1.90. The number of methoxy groups -OCH3 is 1. The Bertz CT molecular complexity index is 373. The fourth-order valence-electron chi connectivity index (χ4n) is 1.37. The molecule has 0 aromatic heterocycles. The van der Waals surface area contributed by atoms with Crippen molar-refractivity contribution in [2.24, 2.45) is 0 Å². The molecule has 4 heteroatoms. The third kappa shape index (κ3) is 1.21. The van der Waals surface area contributed by atoms with Gasteiger partial charge in [-0.05, 0) is 28.1 Å². The van der Waals surface area contributed by atoms with E-state index < -0.39 is 0 Å². The van der Waals surface area contributed by atoms with Crippen LogP contribution in [0.5, 0.6) is 5.75 Å². The Hall–Kier alpha value is -1.03. The van der Waals surface area contributed by atoms with E-state index in [2.05, 4.69) is 15.9 Å². The Morgan fingerprint density at radius 2 is 2.31 bits per heavy atom. The molecule has 0 bridgehead atoms. The van der Waals surface area contributed by atoms with Crippen molar-refractivity contribution in [3.8, 4) is 5.75 Å². The van der Waals surface area contributed by atoms with Gasteiger partial charge in [-0.3, -0.25) is 0 Å². The molecule has 0 unspecified atom stereocenters. The van der Waals surface area contributed by atoms with Crippen molar-refractivity contribution >= 4 is 21.9 Å². The summed E-state index contributed by atoms with van der Waals surface area (Å²) < 4.78 is 10.8. The molecular weight excluding hydrogens is 236 g/mol. The number of hydrogen-bond donors (Lipinski definition) is 0. The largest absolute Gasteiger partial charge is 0.496 e. The summed E-state index contributed by atoms with van der Waals surface area (Å²) in [6.45, 7) is 0.302. The molecule has 0 amide bonds. The van der Waals surface area contributed by atoms with Gasteiger partial charge in [0.15, 0.2) is 0 Å². The minimum atomic E-state index is -0.291. The van der Waals surface area contributed by atoms with Crippen LogP contribution < -0.4 is 4.74 Å². The summed E-state index contributed by atoms with van der Waals surface area (Å²) >= 11 is 3.29. The van der Waals surface area contributed by atoms with Crippen LogP contribution >= 0.6 is 15.9 Å². The molecule has 2 rings (SSSR count). The molecule has 0 aliphatic carbocycles. The molecule has 1 heterocycles. The minimum absolute atomic E-state index is 0.291. The molecule has 0 fully saturated rings. The molecule has 1 aliphatic rings. The standard InChI is InChI=1S/C9H7BrO3/c1-12-7-3-2-6(10)8-5(7)4-13-9(8)11/h2-3H,4H2,1H3. The second-order valence-electron chi connectivity index (χ2n) is 2.68. The van der Waals surface area contributed by atoms with E-state index in [1.54, 1.807) is 13.2 Å². The zero-order chi connectivity index (χ0) is 9.42. The average molecular weight is 243 g/mol. The highest BCUT2D eigenvalue weighted by Crippen LogP contribution is 2.34. The molecule has 0 spiro atoms. The number of fused-ring (bicyclic) bond motifs is 1. The van der Waals surface area contributed by atoms with E-state index >= 15 is 0 Å². The van der Waals surface area contributed by atoms with Gasteiger partial charge in [0.25, 0.3) is 0 Å². The highest BCUT2D eigenvalue weighted by molar-refractivity contribution is 9.10. The van der Waals surface area contributed by atoms with Gasteiger partial charge in [-0.2, -0.15) is 0 Å². The number of cyclic esters (lactones) is 1. The second kappa shape index (κ2) is 3.03. The first-order valence-electron chi connectivity index (χ1n) is 3.76. The Morgan fingerprint density at radius 3 is 3.00 bits per heavy atom. The summed E-state index contributed by atoms with van der Waals surface area (Å²) in [5.74, 6) is 0.407. The molecule has 1 aromatic carbocycles. The molecule has 1 aromatic rings. The maximum Gasteiger partial charge on any atom is 0.340 e. The van der Waals surface area contributed by atoms with Gasteiger partial charge < -0.3 is 9.47 Å². The number of benzene rings is 1.